The van der Waals surface area contributed by atoms with E-state index in [9.17, 15) is 13.2 Å². The number of nitrogens with one attached hydrogen (secondary N) is 1. The summed E-state index contributed by atoms with van der Waals surface area (Å²) in [6.07, 6.45) is 0.0587. The van der Waals surface area contributed by atoms with Gasteiger partial charge in [0.2, 0.25) is 0 Å². The Morgan fingerprint density at radius 2 is 2.24 bits per heavy atom. The summed E-state index contributed by atoms with van der Waals surface area (Å²) in [5, 5.41) is 3.02. The van der Waals surface area contributed by atoms with Crippen molar-refractivity contribution in [2.45, 2.75) is 19.1 Å². The second kappa shape index (κ2) is 6.91. The molecule has 6 nitrogen and oxygen atoms in total. The smallest absolute Gasteiger partial charge is 0.307 e. The molecule has 21 heavy (non-hydrogen) atoms. The third-order valence-corrected chi connectivity index (χ3v) is 4.98. The molecule has 1 fully saturated rings. The van der Waals surface area contributed by atoms with Gasteiger partial charge in [-0.2, -0.15) is 0 Å². The molecule has 1 aliphatic rings. The van der Waals surface area contributed by atoms with E-state index in [0.717, 1.165) is 5.56 Å². The largest absolute Gasteiger partial charge is 0.497 e. The second-order valence-electron chi connectivity index (χ2n) is 4.98. The maximum absolute atomic E-state index is 11.8. The molecule has 0 spiro atoms. The Kier molecular flexibility index (Phi) is 5.19. The van der Waals surface area contributed by atoms with E-state index in [4.69, 9.17) is 9.47 Å². The van der Waals surface area contributed by atoms with Gasteiger partial charge in [-0.25, -0.2) is 8.42 Å². The van der Waals surface area contributed by atoms with Crippen LogP contribution in [0, 0.1) is 0 Å². The van der Waals surface area contributed by atoms with E-state index >= 15 is 0 Å². The third kappa shape index (κ3) is 5.02. The first-order chi connectivity index (χ1) is 9.98. The highest BCUT2D eigenvalue weighted by atomic mass is 32.2. The number of methoxy groups -OCH3 is 1. The number of hydrogen-bond acceptors (Lipinski definition) is 6. The van der Waals surface area contributed by atoms with E-state index in [2.05, 4.69) is 5.32 Å². The van der Waals surface area contributed by atoms with Gasteiger partial charge in [-0.15, -0.1) is 0 Å². The fourth-order valence-corrected chi connectivity index (χ4v) is 3.63. The lowest BCUT2D eigenvalue weighted by Gasteiger charge is -2.22. The summed E-state index contributed by atoms with van der Waals surface area (Å²) in [7, 11) is -1.47. The first-order valence-corrected chi connectivity index (χ1v) is 8.53. The third-order valence-electron chi connectivity index (χ3n) is 3.25. The van der Waals surface area contributed by atoms with Crippen LogP contribution in [0.25, 0.3) is 0 Å². The Morgan fingerprint density at radius 3 is 2.95 bits per heavy atom. The average Bonchev–Trinajstić information content (AvgIpc) is 2.44. The van der Waals surface area contributed by atoms with E-state index in [0.29, 0.717) is 12.3 Å². The lowest BCUT2D eigenvalue weighted by atomic mass is 10.2. The molecular formula is C14H19NO5S. The minimum Gasteiger partial charge on any atom is -0.497 e. The molecule has 0 bridgehead atoms. The van der Waals surface area contributed by atoms with Gasteiger partial charge in [-0.1, -0.05) is 12.1 Å². The van der Waals surface area contributed by atoms with E-state index < -0.39 is 15.8 Å². The SMILES string of the molecule is COc1cccc(COC(=O)CC2CS(=O)(=O)CCN2)c1. The lowest BCUT2D eigenvalue weighted by Crippen LogP contribution is -2.46. The van der Waals surface area contributed by atoms with Crippen LogP contribution in [0.3, 0.4) is 0 Å². The minimum absolute atomic E-state index is 0.0126. The molecule has 1 aliphatic heterocycles. The Hall–Kier alpha value is -1.60. The molecule has 0 aliphatic carbocycles. The number of hydrogen-bond donors (Lipinski definition) is 1. The summed E-state index contributed by atoms with van der Waals surface area (Å²) in [6, 6.07) is 6.89. The zero-order chi connectivity index (χ0) is 15.3. The Morgan fingerprint density at radius 1 is 1.43 bits per heavy atom. The van der Waals surface area contributed by atoms with Crippen LogP contribution in [-0.2, 0) is 26.0 Å². The van der Waals surface area contributed by atoms with Crippen LogP contribution in [0.15, 0.2) is 24.3 Å². The van der Waals surface area contributed by atoms with E-state index in [1.165, 1.54) is 0 Å². The molecule has 1 aromatic carbocycles. The molecule has 1 atom stereocenters. The average molecular weight is 313 g/mol. The molecular weight excluding hydrogens is 294 g/mol. The number of benzene rings is 1. The van der Waals surface area contributed by atoms with Gasteiger partial charge in [0.15, 0.2) is 9.84 Å². The Labute approximate surface area is 124 Å². The predicted molar refractivity (Wildman–Crippen MR) is 77.9 cm³/mol. The number of carbonyl (C=O) groups is 1. The summed E-state index contributed by atoms with van der Waals surface area (Å²) in [5.41, 5.74) is 0.826. The Balaban J connectivity index is 1.82. The molecule has 1 aromatic rings. The topological polar surface area (TPSA) is 81.7 Å². The van der Waals surface area contributed by atoms with Gasteiger partial charge >= 0.3 is 5.97 Å². The maximum atomic E-state index is 11.8. The van der Waals surface area contributed by atoms with Crippen molar-refractivity contribution in [3.8, 4) is 5.75 Å². The van der Waals surface area contributed by atoms with Gasteiger partial charge in [0.05, 0.1) is 25.0 Å². The van der Waals surface area contributed by atoms with Crippen molar-refractivity contribution in [3.63, 3.8) is 0 Å². The van der Waals surface area contributed by atoms with Crippen LogP contribution in [0.5, 0.6) is 5.75 Å². The number of carbonyl (C=O) groups excluding carboxylic acids is 1. The van der Waals surface area contributed by atoms with Gasteiger partial charge in [-0.05, 0) is 17.7 Å². The highest BCUT2D eigenvalue weighted by Crippen LogP contribution is 2.14. The van der Waals surface area contributed by atoms with Crippen molar-refractivity contribution in [3.05, 3.63) is 29.8 Å². The normalized spacial score (nSPS) is 20.7. The number of esters is 1. The molecule has 2 rings (SSSR count). The highest BCUT2D eigenvalue weighted by Gasteiger charge is 2.26. The van der Waals surface area contributed by atoms with Crippen LogP contribution >= 0.6 is 0 Å². The van der Waals surface area contributed by atoms with Crippen molar-refractivity contribution in [2.75, 3.05) is 25.2 Å². The van der Waals surface area contributed by atoms with Crippen LogP contribution in [0.2, 0.25) is 0 Å². The maximum Gasteiger partial charge on any atom is 0.307 e. The van der Waals surface area contributed by atoms with Crippen molar-refractivity contribution >= 4 is 15.8 Å². The van der Waals surface area contributed by atoms with Crippen LogP contribution < -0.4 is 10.1 Å². The standard InChI is InChI=1S/C14H19NO5S/c1-19-13-4-2-3-11(7-13)9-20-14(16)8-12-10-21(17,18)6-5-15-12/h2-4,7,12,15H,5-6,8-10H2,1H3. The van der Waals surface area contributed by atoms with Gasteiger partial charge in [0.25, 0.3) is 0 Å². The van der Waals surface area contributed by atoms with Crippen molar-refractivity contribution < 1.29 is 22.7 Å². The number of rotatable bonds is 5. The van der Waals surface area contributed by atoms with E-state index in [1.807, 2.05) is 18.2 Å². The second-order valence-corrected chi connectivity index (χ2v) is 7.21. The highest BCUT2D eigenvalue weighted by molar-refractivity contribution is 7.91. The molecule has 116 valence electrons. The summed E-state index contributed by atoms with van der Waals surface area (Å²) >= 11 is 0. The van der Waals surface area contributed by atoms with Gasteiger partial charge in [0, 0.05) is 12.6 Å². The molecule has 1 saturated heterocycles. The van der Waals surface area contributed by atoms with Crippen LogP contribution in [-0.4, -0.2) is 45.6 Å². The summed E-state index contributed by atoms with van der Waals surface area (Å²) in [4.78, 5) is 11.8. The zero-order valence-corrected chi connectivity index (χ0v) is 12.7. The van der Waals surface area contributed by atoms with Crippen molar-refractivity contribution in [1.29, 1.82) is 0 Å². The first kappa shape index (κ1) is 15.8. The quantitative estimate of drug-likeness (QED) is 0.798. The minimum atomic E-state index is -3.04. The summed E-state index contributed by atoms with van der Waals surface area (Å²) in [5.74, 6) is 0.403. The molecule has 0 saturated carbocycles. The molecule has 1 heterocycles. The molecule has 7 heteroatoms. The predicted octanol–water partition coefficient (Wildman–Crippen LogP) is 0.515. The van der Waals surface area contributed by atoms with Gasteiger partial charge in [0.1, 0.15) is 12.4 Å². The van der Waals surface area contributed by atoms with Crippen LogP contribution in [0.1, 0.15) is 12.0 Å². The molecule has 1 N–H and O–H groups in total. The van der Waals surface area contributed by atoms with E-state index in [1.54, 1.807) is 13.2 Å². The first-order valence-electron chi connectivity index (χ1n) is 6.71. The molecule has 1 unspecified atom stereocenters. The summed E-state index contributed by atoms with van der Waals surface area (Å²) < 4.78 is 33.2. The molecule has 0 amide bonds. The van der Waals surface area contributed by atoms with Gasteiger partial charge < -0.3 is 14.8 Å². The fraction of sp³-hybridized carbons (Fsp3) is 0.500. The fourth-order valence-electron chi connectivity index (χ4n) is 2.18. The van der Waals surface area contributed by atoms with Crippen LogP contribution in [0.4, 0.5) is 0 Å². The Bertz CT molecular complexity index is 599. The molecule has 0 aromatic heterocycles. The monoisotopic (exact) mass is 313 g/mol. The van der Waals surface area contributed by atoms with Crippen molar-refractivity contribution in [1.82, 2.24) is 5.32 Å². The molecule has 0 radical (unpaired) electrons. The number of sulfone groups is 1. The zero-order valence-electron chi connectivity index (χ0n) is 11.9. The van der Waals surface area contributed by atoms with Crippen molar-refractivity contribution in [2.24, 2.45) is 0 Å². The summed E-state index contributed by atoms with van der Waals surface area (Å²) in [6.45, 7) is 0.533. The van der Waals surface area contributed by atoms with E-state index in [-0.39, 0.29) is 30.6 Å². The number of ether oxygens (including phenoxy) is 2. The van der Waals surface area contributed by atoms with Gasteiger partial charge in [-0.3, -0.25) is 4.79 Å². The lowest BCUT2D eigenvalue weighted by molar-refractivity contribution is -0.145.